The molecule has 0 bridgehead atoms. The van der Waals surface area contributed by atoms with Gasteiger partial charge in [0.1, 0.15) is 0 Å². The van der Waals surface area contributed by atoms with E-state index in [0.29, 0.717) is 12.0 Å². The molecule has 0 radical (unpaired) electrons. The fraction of sp³-hybridized carbons (Fsp3) is 0.769. The number of rotatable bonds is 4. The number of amides is 1. The molecule has 2 fully saturated rings. The molecule has 1 atom stereocenters. The van der Waals surface area contributed by atoms with E-state index in [0.717, 1.165) is 19.6 Å². The Labute approximate surface area is 97.9 Å². The van der Waals surface area contributed by atoms with Crippen LogP contribution in [-0.4, -0.2) is 36.5 Å². The number of allylic oxidation sites excluding steroid dienone is 1. The van der Waals surface area contributed by atoms with Crippen LogP contribution in [0.1, 0.15) is 32.6 Å². The van der Waals surface area contributed by atoms with Crippen LogP contribution in [0.15, 0.2) is 12.2 Å². The third kappa shape index (κ3) is 3.08. The predicted molar refractivity (Wildman–Crippen MR) is 65.1 cm³/mol. The SMILES string of the molecule is C/C=C/C(=O)N(CC1CCCNC1)C1CC1. The maximum absolute atomic E-state index is 11.9. The van der Waals surface area contributed by atoms with Crippen LogP contribution >= 0.6 is 0 Å². The fourth-order valence-corrected chi connectivity index (χ4v) is 2.40. The van der Waals surface area contributed by atoms with Crippen molar-refractivity contribution in [3.8, 4) is 0 Å². The normalized spacial score (nSPS) is 25.9. The van der Waals surface area contributed by atoms with E-state index in [9.17, 15) is 4.79 Å². The zero-order valence-corrected chi connectivity index (χ0v) is 10.1. The van der Waals surface area contributed by atoms with Gasteiger partial charge in [-0.1, -0.05) is 6.08 Å². The molecule has 1 saturated heterocycles. The smallest absolute Gasteiger partial charge is 0.246 e. The minimum absolute atomic E-state index is 0.204. The highest BCUT2D eigenvalue weighted by atomic mass is 16.2. The Bertz CT molecular complexity index is 265. The van der Waals surface area contributed by atoms with Gasteiger partial charge >= 0.3 is 0 Å². The molecule has 3 nitrogen and oxygen atoms in total. The average molecular weight is 222 g/mol. The van der Waals surface area contributed by atoms with Crippen LogP contribution in [0.4, 0.5) is 0 Å². The van der Waals surface area contributed by atoms with Gasteiger partial charge in [-0.3, -0.25) is 4.79 Å². The lowest BCUT2D eigenvalue weighted by Gasteiger charge is -2.29. The van der Waals surface area contributed by atoms with Gasteiger partial charge in [0.25, 0.3) is 0 Å². The highest BCUT2D eigenvalue weighted by Gasteiger charge is 2.33. The number of carbonyl (C=O) groups is 1. The standard InChI is InChI=1S/C13H22N2O/c1-2-4-13(16)15(12-6-7-12)10-11-5-3-8-14-9-11/h2,4,11-12,14H,3,5-10H2,1H3/b4-2+. The van der Waals surface area contributed by atoms with Crippen LogP contribution in [-0.2, 0) is 4.79 Å². The maximum atomic E-state index is 11.9. The van der Waals surface area contributed by atoms with Crippen molar-refractivity contribution in [2.75, 3.05) is 19.6 Å². The van der Waals surface area contributed by atoms with Crippen molar-refractivity contribution in [2.24, 2.45) is 5.92 Å². The summed E-state index contributed by atoms with van der Waals surface area (Å²) >= 11 is 0. The molecular weight excluding hydrogens is 200 g/mol. The second kappa shape index (κ2) is 5.48. The Morgan fingerprint density at radius 3 is 2.81 bits per heavy atom. The minimum atomic E-state index is 0.204. The zero-order chi connectivity index (χ0) is 11.4. The molecule has 2 aliphatic rings. The van der Waals surface area contributed by atoms with E-state index in [4.69, 9.17) is 0 Å². The summed E-state index contributed by atoms with van der Waals surface area (Å²) in [5.41, 5.74) is 0. The van der Waals surface area contributed by atoms with Crippen LogP contribution in [0.5, 0.6) is 0 Å². The number of hydrogen-bond acceptors (Lipinski definition) is 2. The fourth-order valence-electron chi connectivity index (χ4n) is 2.40. The van der Waals surface area contributed by atoms with E-state index in [2.05, 4.69) is 10.2 Å². The van der Waals surface area contributed by atoms with E-state index >= 15 is 0 Å². The Morgan fingerprint density at radius 2 is 2.25 bits per heavy atom. The van der Waals surface area contributed by atoms with Crippen molar-refractivity contribution in [3.63, 3.8) is 0 Å². The van der Waals surface area contributed by atoms with Gasteiger partial charge in [-0.25, -0.2) is 0 Å². The minimum Gasteiger partial charge on any atom is -0.336 e. The number of nitrogens with one attached hydrogen (secondary N) is 1. The van der Waals surface area contributed by atoms with Crippen LogP contribution in [0.2, 0.25) is 0 Å². The van der Waals surface area contributed by atoms with Crippen molar-refractivity contribution < 1.29 is 4.79 Å². The lowest BCUT2D eigenvalue weighted by molar-refractivity contribution is -0.127. The molecule has 90 valence electrons. The molecule has 1 aliphatic heterocycles. The maximum Gasteiger partial charge on any atom is 0.246 e. The van der Waals surface area contributed by atoms with Gasteiger partial charge in [-0.05, 0) is 57.7 Å². The summed E-state index contributed by atoms with van der Waals surface area (Å²) in [5.74, 6) is 0.860. The van der Waals surface area contributed by atoms with Crippen LogP contribution in [0.3, 0.4) is 0 Å². The summed E-state index contributed by atoms with van der Waals surface area (Å²) < 4.78 is 0. The third-order valence-electron chi connectivity index (χ3n) is 3.43. The summed E-state index contributed by atoms with van der Waals surface area (Å²) in [5, 5.41) is 3.41. The molecule has 0 aromatic rings. The van der Waals surface area contributed by atoms with Crippen LogP contribution < -0.4 is 5.32 Å². The van der Waals surface area contributed by atoms with Crippen molar-refractivity contribution in [2.45, 2.75) is 38.6 Å². The van der Waals surface area contributed by atoms with Gasteiger partial charge in [0.2, 0.25) is 5.91 Å². The molecule has 1 amide bonds. The van der Waals surface area contributed by atoms with E-state index in [-0.39, 0.29) is 5.91 Å². The van der Waals surface area contributed by atoms with Gasteiger partial charge in [0.05, 0.1) is 0 Å². The van der Waals surface area contributed by atoms with Gasteiger partial charge in [-0.15, -0.1) is 0 Å². The first-order valence-electron chi connectivity index (χ1n) is 6.45. The zero-order valence-electron chi connectivity index (χ0n) is 10.1. The van der Waals surface area contributed by atoms with Gasteiger partial charge in [0.15, 0.2) is 0 Å². The van der Waals surface area contributed by atoms with E-state index in [1.165, 1.54) is 25.7 Å². The molecule has 1 N–H and O–H groups in total. The van der Waals surface area contributed by atoms with Gasteiger partial charge < -0.3 is 10.2 Å². The second-order valence-corrected chi connectivity index (χ2v) is 4.93. The molecule has 1 heterocycles. The molecular formula is C13H22N2O. The Morgan fingerprint density at radius 1 is 1.44 bits per heavy atom. The van der Waals surface area contributed by atoms with Crippen molar-refractivity contribution in [1.29, 1.82) is 0 Å². The number of nitrogens with zero attached hydrogens (tertiary/aromatic N) is 1. The molecule has 0 spiro atoms. The third-order valence-corrected chi connectivity index (χ3v) is 3.43. The van der Waals surface area contributed by atoms with Gasteiger partial charge in [0, 0.05) is 12.6 Å². The summed E-state index contributed by atoms with van der Waals surface area (Å²) in [7, 11) is 0. The molecule has 0 aromatic carbocycles. The summed E-state index contributed by atoms with van der Waals surface area (Å²) in [6, 6.07) is 0.533. The monoisotopic (exact) mass is 222 g/mol. The highest BCUT2D eigenvalue weighted by Crippen LogP contribution is 2.28. The topological polar surface area (TPSA) is 32.3 Å². The molecule has 3 heteroatoms. The van der Waals surface area contributed by atoms with Crippen molar-refractivity contribution in [1.82, 2.24) is 10.2 Å². The highest BCUT2D eigenvalue weighted by molar-refractivity contribution is 5.88. The van der Waals surface area contributed by atoms with Gasteiger partial charge in [-0.2, -0.15) is 0 Å². The second-order valence-electron chi connectivity index (χ2n) is 4.93. The van der Waals surface area contributed by atoms with Crippen molar-refractivity contribution in [3.05, 3.63) is 12.2 Å². The largest absolute Gasteiger partial charge is 0.336 e. The number of piperidine rings is 1. The van der Waals surface area contributed by atoms with E-state index in [1.807, 2.05) is 13.0 Å². The predicted octanol–water partition coefficient (Wildman–Crippen LogP) is 1.55. The van der Waals surface area contributed by atoms with Crippen LogP contribution in [0.25, 0.3) is 0 Å². The molecule has 1 aliphatic carbocycles. The number of hydrogen-bond donors (Lipinski definition) is 1. The average Bonchev–Trinajstić information content (AvgIpc) is 3.11. The Kier molecular flexibility index (Phi) is 3.99. The van der Waals surface area contributed by atoms with Crippen molar-refractivity contribution >= 4 is 5.91 Å². The quantitative estimate of drug-likeness (QED) is 0.732. The molecule has 1 saturated carbocycles. The molecule has 1 unspecified atom stereocenters. The Hall–Kier alpha value is -0.830. The lowest BCUT2D eigenvalue weighted by Crippen LogP contribution is -2.41. The van der Waals surface area contributed by atoms with E-state index in [1.54, 1.807) is 6.08 Å². The number of carbonyl (C=O) groups excluding carboxylic acids is 1. The molecule has 16 heavy (non-hydrogen) atoms. The first kappa shape index (κ1) is 11.6. The summed E-state index contributed by atoms with van der Waals surface area (Å²) in [4.78, 5) is 14.0. The van der Waals surface area contributed by atoms with Crippen LogP contribution in [0, 0.1) is 5.92 Å². The first-order chi connectivity index (χ1) is 7.81. The first-order valence-corrected chi connectivity index (χ1v) is 6.45. The Balaban J connectivity index is 1.88. The lowest BCUT2D eigenvalue weighted by atomic mass is 9.99. The van der Waals surface area contributed by atoms with E-state index < -0.39 is 0 Å². The summed E-state index contributed by atoms with van der Waals surface area (Å²) in [6.07, 6.45) is 8.46. The molecule has 0 aromatic heterocycles. The molecule has 2 rings (SSSR count). The summed E-state index contributed by atoms with van der Waals surface area (Å²) in [6.45, 7) is 5.07.